The number of nitrogens with zero attached hydrogens (tertiary/aromatic N) is 2. The minimum absolute atomic E-state index is 0.730. The van der Waals surface area contributed by atoms with Crippen LogP contribution in [0.4, 0.5) is 0 Å². The Morgan fingerprint density at radius 2 is 1.82 bits per heavy atom. The van der Waals surface area contributed by atoms with Crippen molar-refractivity contribution < 1.29 is 0 Å². The van der Waals surface area contributed by atoms with Crippen LogP contribution in [0.15, 0.2) is 0 Å². The van der Waals surface area contributed by atoms with E-state index in [2.05, 4.69) is 43.1 Å². The third kappa shape index (κ3) is 6.39. The van der Waals surface area contributed by atoms with Crippen molar-refractivity contribution in [1.29, 1.82) is 0 Å². The van der Waals surface area contributed by atoms with E-state index in [-0.39, 0.29) is 0 Å². The third-order valence-corrected chi connectivity index (χ3v) is 3.52. The van der Waals surface area contributed by atoms with Gasteiger partial charge in [-0.3, -0.25) is 0 Å². The van der Waals surface area contributed by atoms with Crippen LogP contribution < -0.4 is 5.32 Å². The van der Waals surface area contributed by atoms with Crippen molar-refractivity contribution in [2.24, 2.45) is 5.92 Å². The monoisotopic (exact) mass is 241 g/mol. The minimum Gasteiger partial charge on any atom is -0.313 e. The maximum absolute atomic E-state index is 3.67. The van der Waals surface area contributed by atoms with Crippen LogP contribution >= 0.6 is 0 Å². The highest BCUT2D eigenvalue weighted by atomic mass is 15.2. The van der Waals surface area contributed by atoms with Crippen LogP contribution in [0.1, 0.15) is 33.1 Å². The molecule has 0 aromatic rings. The summed E-state index contributed by atoms with van der Waals surface area (Å²) in [4.78, 5) is 4.91. The minimum atomic E-state index is 0.730. The molecule has 1 fully saturated rings. The Bertz CT molecular complexity index is 190. The highest BCUT2D eigenvalue weighted by molar-refractivity contribution is 4.88. The molecule has 0 aromatic heterocycles. The van der Waals surface area contributed by atoms with E-state index < -0.39 is 0 Å². The number of hydrogen-bond acceptors (Lipinski definition) is 3. The number of nitrogens with one attached hydrogen (secondary N) is 1. The molecule has 102 valence electrons. The third-order valence-electron chi connectivity index (χ3n) is 3.52. The largest absolute Gasteiger partial charge is 0.313 e. The van der Waals surface area contributed by atoms with Gasteiger partial charge in [-0.05, 0) is 52.4 Å². The molecule has 1 aliphatic carbocycles. The zero-order chi connectivity index (χ0) is 12.7. The zero-order valence-electron chi connectivity index (χ0n) is 12.2. The second-order valence-electron chi connectivity index (χ2n) is 5.61. The van der Waals surface area contributed by atoms with Gasteiger partial charge < -0.3 is 15.1 Å². The van der Waals surface area contributed by atoms with Crippen molar-refractivity contribution in [3.8, 4) is 0 Å². The van der Waals surface area contributed by atoms with Gasteiger partial charge in [0.2, 0.25) is 0 Å². The molecule has 0 bridgehead atoms. The van der Waals surface area contributed by atoms with E-state index >= 15 is 0 Å². The van der Waals surface area contributed by atoms with E-state index in [0.29, 0.717) is 0 Å². The first-order valence-corrected chi connectivity index (χ1v) is 7.27. The first-order valence-electron chi connectivity index (χ1n) is 7.27. The average molecular weight is 241 g/mol. The molecule has 0 amide bonds. The van der Waals surface area contributed by atoms with E-state index in [0.717, 1.165) is 18.5 Å². The molecule has 3 nitrogen and oxygen atoms in total. The molecule has 1 atom stereocenters. The fraction of sp³-hybridized carbons (Fsp3) is 1.00. The maximum Gasteiger partial charge on any atom is 0.0223 e. The van der Waals surface area contributed by atoms with Crippen molar-refractivity contribution in [2.75, 3.05) is 46.8 Å². The normalized spacial score (nSPS) is 18.0. The summed E-state index contributed by atoms with van der Waals surface area (Å²) in [6.45, 7) is 10.5. The molecule has 1 unspecified atom stereocenters. The van der Waals surface area contributed by atoms with Crippen molar-refractivity contribution >= 4 is 0 Å². The molecule has 0 heterocycles. The van der Waals surface area contributed by atoms with Gasteiger partial charge in [0.1, 0.15) is 0 Å². The predicted molar refractivity (Wildman–Crippen MR) is 75.5 cm³/mol. The van der Waals surface area contributed by atoms with Crippen LogP contribution in [0.2, 0.25) is 0 Å². The molecule has 0 spiro atoms. The lowest BCUT2D eigenvalue weighted by Gasteiger charge is -2.28. The summed E-state index contributed by atoms with van der Waals surface area (Å²) in [6.07, 6.45) is 4.13. The van der Waals surface area contributed by atoms with Crippen molar-refractivity contribution in [3.05, 3.63) is 0 Å². The van der Waals surface area contributed by atoms with Gasteiger partial charge in [0.25, 0.3) is 0 Å². The smallest absolute Gasteiger partial charge is 0.0223 e. The van der Waals surface area contributed by atoms with Crippen molar-refractivity contribution in [2.45, 2.75) is 39.2 Å². The first kappa shape index (κ1) is 14.9. The summed E-state index contributed by atoms with van der Waals surface area (Å²) in [5.74, 6) is 0.952. The lowest BCUT2D eigenvalue weighted by atomic mass is 10.1. The fourth-order valence-corrected chi connectivity index (χ4v) is 2.37. The van der Waals surface area contributed by atoms with Crippen LogP contribution in [0.3, 0.4) is 0 Å². The SMILES string of the molecule is CCCN(CCN(C)C)CC(NCC)C1CC1. The van der Waals surface area contributed by atoms with E-state index in [1.165, 1.54) is 45.4 Å². The summed E-state index contributed by atoms with van der Waals surface area (Å²) in [5.41, 5.74) is 0. The molecule has 1 N–H and O–H groups in total. The first-order chi connectivity index (χ1) is 8.17. The van der Waals surface area contributed by atoms with Crippen LogP contribution in [0, 0.1) is 5.92 Å². The van der Waals surface area contributed by atoms with Gasteiger partial charge in [-0.2, -0.15) is 0 Å². The van der Waals surface area contributed by atoms with Crippen molar-refractivity contribution in [1.82, 2.24) is 15.1 Å². The Balaban J connectivity index is 2.33. The lowest BCUT2D eigenvalue weighted by molar-refractivity contribution is 0.211. The predicted octanol–water partition coefficient (Wildman–Crippen LogP) is 1.65. The van der Waals surface area contributed by atoms with Crippen LogP contribution in [-0.2, 0) is 0 Å². The molecule has 0 radical (unpaired) electrons. The van der Waals surface area contributed by atoms with Gasteiger partial charge in [-0.15, -0.1) is 0 Å². The lowest BCUT2D eigenvalue weighted by Crippen LogP contribution is -2.44. The summed E-state index contributed by atoms with van der Waals surface area (Å²) in [7, 11) is 4.32. The number of hydrogen-bond donors (Lipinski definition) is 1. The van der Waals surface area contributed by atoms with Gasteiger partial charge in [0.05, 0.1) is 0 Å². The molecule has 1 saturated carbocycles. The molecule has 0 aliphatic heterocycles. The standard InChI is InChI=1S/C14H31N3/c1-5-9-17(11-10-16(3)4)12-14(15-6-2)13-7-8-13/h13-15H,5-12H2,1-4H3. The van der Waals surface area contributed by atoms with Crippen LogP contribution in [-0.4, -0.2) is 62.7 Å². The van der Waals surface area contributed by atoms with Gasteiger partial charge in [0, 0.05) is 25.7 Å². The molecule has 1 aliphatic rings. The molecule has 17 heavy (non-hydrogen) atoms. The Labute approximate surface area is 108 Å². The molecule has 0 aromatic carbocycles. The van der Waals surface area contributed by atoms with Crippen LogP contribution in [0.25, 0.3) is 0 Å². The maximum atomic E-state index is 3.67. The average Bonchev–Trinajstić information content (AvgIpc) is 3.09. The van der Waals surface area contributed by atoms with Gasteiger partial charge in [0.15, 0.2) is 0 Å². The summed E-state index contributed by atoms with van der Waals surface area (Å²) in [6, 6.07) is 0.730. The summed E-state index contributed by atoms with van der Waals surface area (Å²) in [5, 5.41) is 3.67. The zero-order valence-corrected chi connectivity index (χ0v) is 12.2. The Hall–Kier alpha value is -0.120. The summed E-state index contributed by atoms with van der Waals surface area (Å²) < 4.78 is 0. The second-order valence-corrected chi connectivity index (χ2v) is 5.61. The van der Waals surface area contributed by atoms with Crippen LogP contribution in [0.5, 0.6) is 0 Å². The summed E-state index contributed by atoms with van der Waals surface area (Å²) >= 11 is 0. The van der Waals surface area contributed by atoms with Gasteiger partial charge in [-0.25, -0.2) is 0 Å². The molecule has 1 rings (SSSR count). The Morgan fingerprint density at radius 1 is 1.12 bits per heavy atom. The molecule has 3 heteroatoms. The highest BCUT2D eigenvalue weighted by Crippen LogP contribution is 2.32. The Kier molecular flexibility index (Phi) is 7.09. The quantitative estimate of drug-likeness (QED) is 0.627. The van der Waals surface area contributed by atoms with E-state index in [9.17, 15) is 0 Å². The molecule has 0 saturated heterocycles. The number of rotatable bonds is 10. The number of likely N-dealkylation sites (N-methyl/N-ethyl adjacent to an activating group) is 2. The Morgan fingerprint density at radius 3 is 2.29 bits per heavy atom. The highest BCUT2D eigenvalue weighted by Gasteiger charge is 2.31. The molecular weight excluding hydrogens is 210 g/mol. The van der Waals surface area contributed by atoms with E-state index in [4.69, 9.17) is 0 Å². The molecular formula is C14H31N3. The van der Waals surface area contributed by atoms with E-state index in [1.807, 2.05) is 0 Å². The van der Waals surface area contributed by atoms with Gasteiger partial charge >= 0.3 is 0 Å². The van der Waals surface area contributed by atoms with Crippen molar-refractivity contribution in [3.63, 3.8) is 0 Å². The second kappa shape index (κ2) is 8.06. The topological polar surface area (TPSA) is 18.5 Å². The van der Waals surface area contributed by atoms with E-state index in [1.54, 1.807) is 0 Å². The van der Waals surface area contributed by atoms with Gasteiger partial charge in [-0.1, -0.05) is 13.8 Å². The fourth-order valence-electron chi connectivity index (χ4n) is 2.37.